The minimum absolute atomic E-state index is 0.400. The first kappa shape index (κ1) is 12.9. The molecule has 2 N–H and O–H groups in total. The molecule has 0 aliphatic rings. The predicted molar refractivity (Wildman–Crippen MR) is 85.3 cm³/mol. The maximum Gasteiger partial charge on any atom is 0.183 e. The van der Waals surface area contributed by atoms with Crippen molar-refractivity contribution in [1.82, 2.24) is 5.16 Å². The molecule has 0 unspecified atom stereocenters. The fourth-order valence-corrected chi connectivity index (χ4v) is 2.19. The van der Waals surface area contributed by atoms with Crippen LogP contribution in [-0.2, 0) is 0 Å². The normalized spacial score (nSPS) is 10.4. The molecule has 4 nitrogen and oxygen atoms in total. The lowest BCUT2D eigenvalue weighted by molar-refractivity contribution is 0.460. The summed E-state index contributed by atoms with van der Waals surface area (Å²) in [4.78, 5) is 0. The van der Waals surface area contributed by atoms with Crippen LogP contribution in [-0.4, -0.2) is 10.3 Å². The summed E-state index contributed by atoms with van der Waals surface area (Å²) in [7, 11) is 0. The number of thiocarbonyl (C=S) groups is 1. The number of aromatic nitrogens is 1. The fourth-order valence-electron chi connectivity index (χ4n) is 1.80. The number of hydrogen-bond donors (Lipinski definition) is 2. The van der Waals surface area contributed by atoms with Crippen LogP contribution in [0.3, 0.4) is 0 Å². The lowest BCUT2D eigenvalue weighted by atomic mass is 10.2. The standard InChI is InChI=1S/C14H10ClN3OS/c15-10-6-2-3-7-11(10)16-14(20)17-13-9-5-1-4-8-12(9)19-18-13/h1-8H,(H2,16,17,18,20). The van der Waals surface area contributed by atoms with E-state index in [1.807, 2.05) is 42.5 Å². The lowest BCUT2D eigenvalue weighted by Crippen LogP contribution is -2.19. The Morgan fingerprint density at radius 2 is 1.80 bits per heavy atom. The molecule has 0 bridgehead atoms. The molecule has 3 rings (SSSR count). The van der Waals surface area contributed by atoms with Crippen molar-refractivity contribution in [1.29, 1.82) is 0 Å². The molecule has 0 spiro atoms. The Kier molecular flexibility index (Phi) is 3.54. The van der Waals surface area contributed by atoms with Crippen LogP contribution in [0.1, 0.15) is 0 Å². The van der Waals surface area contributed by atoms with Crippen LogP contribution >= 0.6 is 23.8 Å². The van der Waals surface area contributed by atoms with Gasteiger partial charge in [-0.15, -0.1) is 0 Å². The first-order valence-corrected chi connectivity index (χ1v) is 6.69. The summed E-state index contributed by atoms with van der Waals surface area (Å²) < 4.78 is 5.20. The van der Waals surface area contributed by atoms with E-state index in [-0.39, 0.29) is 0 Å². The highest BCUT2D eigenvalue weighted by atomic mass is 35.5. The van der Waals surface area contributed by atoms with Crippen molar-refractivity contribution in [3.63, 3.8) is 0 Å². The van der Waals surface area contributed by atoms with Gasteiger partial charge in [0.15, 0.2) is 16.5 Å². The highest BCUT2D eigenvalue weighted by Crippen LogP contribution is 2.23. The number of nitrogens with one attached hydrogen (secondary N) is 2. The monoisotopic (exact) mass is 303 g/mol. The molecule has 0 amide bonds. The summed E-state index contributed by atoms with van der Waals surface area (Å²) in [6.07, 6.45) is 0. The van der Waals surface area contributed by atoms with Crippen LogP contribution in [0.2, 0.25) is 5.02 Å². The first-order valence-electron chi connectivity index (χ1n) is 5.91. The lowest BCUT2D eigenvalue weighted by Gasteiger charge is -2.09. The Morgan fingerprint density at radius 3 is 2.65 bits per heavy atom. The molecule has 2 aromatic carbocycles. The molecule has 1 heterocycles. The number of rotatable bonds is 2. The zero-order valence-corrected chi connectivity index (χ0v) is 11.8. The minimum Gasteiger partial charge on any atom is -0.354 e. The Balaban J connectivity index is 1.78. The summed E-state index contributed by atoms with van der Waals surface area (Å²) in [5, 5.41) is 11.8. The number of para-hydroxylation sites is 2. The van der Waals surface area contributed by atoms with Crippen LogP contribution in [0.5, 0.6) is 0 Å². The molecule has 0 aliphatic heterocycles. The predicted octanol–water partition coefficient (Wildman–Crippen LogP) is 4.29. The smallest absolute Gasteiger partial charge is 0.183 e. The Morgan fingerprint density at radius 1 is 1.05 bits per heavy atom. The first-order chi connectivity index (χ1) is 9.74. The zero-order chi connectivity index (χ0) is 13.9. The second-order valence-corrected chi connectivity index (χ2v) is 4.90. The van der Waals surface area contributed by atoms with Gasteiger partial charge in [0.05, 0.1) is 16.1 Å². The van der Waals surface area contributed by atoms with E-state index in [2.05, 4.69) is 15.8 Å². The number of nitrogens with zero attached hydrogens (tertiary/aromatic N) is 1. The van der Waals surface area contributed by atoms with Crippen molar-refractivity contribution in [3.8, 4) is 0 Å². The number of benzene rings is 2. The molecule has 3 aromatic rings. The number of halogens is 1. The third-order valence-electron chi connectivity index (χ3n) is 2.73. The number of fused-ring (bicyclic) bond motifs is 1. The average molecular weight is 304 g/mol. The van der Waals surface area contributed by atoms with Gasteiger partial charge in [-0.05, 0) is 36.5 Å². The van der Waals surface area contributed by atoms with E-state index in [1.54, 1.807) is 6.07 Å². The second kappa shape index (κ2) is 5.48. The molecule has 0 fully saturated rings. The van der Waals surface area contributed by atoms with Gasteiger partial charge in [-0.2, -0.15) is 0 Å². The highest BCUT2D eigenvalue weighted by molar-refractivity contribution is 7.80. The van der Waals surface area contributed by atoms with Crippen molar-refractivity contribution in [2.45, 2.75) is 0 Å². The minimum atomic E-state index is 0.400. The van der Waals surface area contributed by atoms with Gasteiger partial charge in [0.25, 0.3) is 0 Å². The Labute approximate surface area is 125 Å². The van der Waals surface area contributed by atoms with E-state index in [9.17, 15) is 0 Å². The largest absolute Gasteiger partial charge is 0.354 e. The van der Waals surface area contributed by atoms with E-state index in [0.29, 0.717) is 21.5 Å². The SMILES string of the molecule is S=C(Nc1ccccc1Cl)Nc1noc2ccccc12. The van der Waals surface area contributed by atoms with Gasteiger partial charge in [0.2, 0.25) is 0 Å². The van der Waals surface area contributed by atoms with Crippen LogP contribution in [0.4, 0.5) is 11.5 Å². The Hall–Kier alpha value is -2.11. The third kappa shape index (κ3) is 2.59. The van der Waals surface area contributed by atoms with E-state index in [0.717, 1.165) is 11.1 Å². The maximum absolute atomic E-state index is 6.06. The van der Waals surface area contributed by atoms with Gasteiger partial charge in [0.1, 0.15) is 0 Å². The Bertz CT molecular complexity index is 772. The fraction of sp³-hybridized carbons (Fsp3) is 0. The van der Waals surface area contributed by atoms with Crippen LogP contribution in [0.15, 0.2) is 53.1 Å². The molecular weight excluding hydrogens is 294 g/mol. The molecule has 6 heteroatoms. The van der Waals surface area contributed by atoms with Gasteiger partial charge < -0.3 is 15.2 Å². The molecule has 20 heavy (non-hydrogen) atoms. The number of anilines is 2. The van der Waals surface area contributed by atoms with Crippen LogP contribution in [0, 0.1) is 0 Å². The van der Waals surface area contributed by atoms with E-state index in [1.165, 1.54) is 0 Å². The highest BCUT2D eigenvalue weighted by Gasteiger charge is 2.09. The van der Waals surface area contributed by atoms with Gasteiger partial charge >= 0.3 is 0 Å². The van der Waals surface area contributed by atoms with Gasteiger partial charge in [0, 0.05) is 0 Å². The quantitative estimate of drug-likeness (QED) is 0.692. The summed E-state index contributed by atoms with van der Waals surface area (Å²) in [6, 6.07) is 14.9. The van der Waals surface area contributed by atoms with E-state index >= 15 is 0 Å². The van der Waals surface area contributed by atoms with Crippen molar-refractivity contribution < 1.29 is 4.52 Å². The van der Waals surface area contributed by atoms with Crippen molar-refractivity contribution in [2.24, 2.45) is 0 Å². The average Bonchev–Trinajstić information content (AvgIpc) is 2.85. The molecule has 0 atom stereocenters. The molecular formula is C14H10ClN3OS. The van der Waals surface area contributed by atoms with E-state index in [4.69, 9.17) is 28.3 Å². The van der Waals surface area contributed by atoms with Crippen molar-refractivity contribution in [3.05, 3.63) is 53.6 Å². The topological polar surface area (TPSA) is 50.1 Å². The second-order valence-electron chi connectivity index (χ2n) is 4.09. The maximum atomic E-state index is 6.06. The summed E-state index contributed by atoms with van der Waals surface area (Å²) >= 11 is 11.3. The van der Waals surface area contributed by atoms with Crippen LogP contribution in [0.25, 0.3) is 11.0 Å². The third-order valence-corrected chi connectivity index (χ3v) is 3.27. The molecule has 0 aliphatic carbocycles. The number of hydrogen-bond acceptors (Lipinski definition) is 3. The molecule has 1 aromatic heterocycles. The van der Waals surface area contributed by atoms with Crippen molar-refractivity contribution in [2.75, 3.05) is 10.6 Å². The summed E-state index contributed by atoms with van der Waals surface area (Å²) in [5.74, 6) is 0.574. The summed E-state index contributed by atoms with van der Waals surface area (Å²) in [5.41, 5.74) is 1.44. The van der Waals surface area contributed by atoms with E-state index < -0.39 is 0 Å². The molecule has 0 saturated carbocycles. The molecule has 0 saturated heterocycles. The van der Waals surface area contributed by atoms with Gasteiger partial charge in [-0.3, -0.25) is 0 Å². The van der Waals surface area contributed by atoms with Gasteiger partial charge in [-0.25, -0.2) is 0 Å². The van der Waals surface area contributed by atoms with Crippen LogP contribution < -0.4 is 10.6 Å². The van der Waals surface area contributed by atoms with Crippen molar-refractivity contribution >= 4 is 51.4 Å². The summed E-state index contributed by atoms with van der Waals surface area (Å²) in [6.45, 7) is 0. The van der Waals surface area contributed by atoms with Gasteiger partial charge in [-0.1, -0.05) is 41.0 Å². The molecule has 0 radical (unpaired) electrons. The zero-order valence-electron chi connectivity index (χ0n) is 10.3. The molecule has 100 valence electrons.